The van der Waals surface area contributed by atoms with E-state index in [0.717, 1.165) is 37.1 Å². The highest BCUT2D eigenvalue weighted by Crippen LogP contribution is 2.13. The van der Waals surface area contributed by atoms with Gasteiger partial charge in [0.1, 0.15) is 0 Å². The minimum atomic E-state index is 0.137. The highest BCUT2D eigenvalue weighted by molar-refractivity contribution is 5.78. The third kappa shape index (κ3) is 4.82. The number of nitrogens with one attached hydrogen (secondary N) is 1. The predicted octanol–water partition coefficient (Wildman–Crippen LogP) is 2.62. The Balaban J connectivity index is 2.45. The summed E-state index contributed by atoms with van der Waals surface area (Å²) < 4.78 is 0. The standard InChI is InChI=1S/C14H23N3O/c1-4-6-12(7-5-2)14(18)15-10-13-9-8-11(3)16-17-13/h8-9,12H,4-7,10H2,1-3H3,(H,15,18). The van der Waals surface area contributed by atoms with Gasteiger partial charge in [-0.15, -0.1) is 0 Å². The molecule has 1 aromatic heterocycles. The van der Waals surface area contributed by atoms with E-state index in [2.05, 4.69) is 29.4 Å². The summed E-state index contributed by atoms with van der Waals surface area (Å²) >= 11 is 0. The molecule has 1 heterocycles. The zero-order chi connectivity index (χ0) is 13.4. The van der Waals surface area contributed by atoms with Crippen LogP contribution in [0.25, 0.3) is 0 Å². The van der Waals surface area contributed by atoms with E-state index >= 15 is 0 Å². The Kier molecular flexibility index (Phi) is 6.33. The predicted molar refractivity (Wildman–Crippen MR) is 71.9 cm³/mol. The second-order valence-electron chi connectivity index (χ2n) is 4.66. The van der Waals surface area contributed by atoms with Crippen molar-refractivity contribution in [3.63, 3.8) is 0 Å². The van der Waals surface area contributed by atoms with Crippen molar-refractivity contribution in [2.75, 3.05) is 0 Å². The summed E-state index contributed by atoms with van der Waals surface area (Å²) in [6.07, 6.45) is 4.00. The average Bonchev–Trinajstić information content (AvgIpc) is 2.37. The molecule has 4 nitrogen and oxygen atoms in total. The molecule has 0 saturated heterocycles. The van der Waals surface area contributed by atoms with Gasteiger partial charge >= 0.3 is 0 Å². The third-order valence-corrected chi connectivity index (χ3v) is 2.94. The van der Waals surface area contributed by atoms with Crippen molar-refractivity contribution in [1.82, 2.24) is 15.5 Å². The van der Waals surface area contributed by atoms with Crippen LogP contribution in [-0.4, -0.2) is 16.1 Å². The zero-order valence-electron chi connectivity index (χ0n) is 11.6. The normalized spacial score (nSPS) is 10.7. The molecule has 0 aliphatic rings. The van der Waals surface area contributed by atoms with E-state index in [1.165, 1.54) is 0 Å². The lowest BCUT2D eigenvalue weighted by Crippen LogP contribution is -2.30. The molecule has 1 rings (SSSR count). The van der Waals surface area contributed by atoms with Crippen LogP contribution >= 0.6 is 0 Å². The summed E-state index contributed by atoms with van der Waals surface area (Å²) in [5.41, 5.74) is 1.70. The van der Waals surface area contributed by atoms with E-state index in [1.807, 2.05) is 19.1 Å². The summed E-state index contributed by atoms with van der Waals surface area (Å²) in [5, 5.41) is 11.0. The largest absolute Gasteiger partial charge is 0.350 e. The average molecular weight is 249 g/mol. The van der Waals surface area contributed by atoms with E-state index < -0.39 is 0 Å². The number of rotatable bonds is 7. The molecule has 0 spiro atoms. The molecule has 0 aromatic carbocycles. The molecule has 0 fully saturated rings. The van der Waals surface area contributed by atoms with Crippen LogP contribution in [-0.2, 0) is 11.3 Å². The zero-order valence-corrected chi connectivity index (χ0v) is 11.6. The van der Waals surface area contributed by atoms with Gasteiger partial charge < -0.3 is 5.32 Å². The van der Waals surface area contributed by atoms with Gasteiger partial charge in [-0.2, -0.15) is 10.2 Å². The van der Waals surface area contributed by atoms with Gasteiger partial charge in [-0.1, -0.05) is 26.7 Å². The van der Waals surface area contributed by atoms with Crippen LogP contribution in [0.2, 0.25) is 0 Å². The summed E-state index contributed by atoms with van der Waals surface area (Å²) in [6.45, 7) is 6.59. The smallest absolute Gasteiger partial charge is 0.223 e. The number of aryl methyl sites for hydroxylation is 1. The van der Waals surface area contributed by atoms with Crippen molar-refractivity contribution < 1.29 is 4.79 Å². The first kappa shape index (κ1) is 14.6. The van der Waals surface area contributed by atoms with Gasteiger partial charge in [-0.3, -0.25) is 4.79 Å². The lowest BCUT2D eigenvalue weighted by molar-refractivity contribution is -0.125. The van der Waals surface area contributed by atoms with Gasteiger partial charge in [0.25, 0.3) is 0 Å². The maximum Gasteiger partial charge on any atom is 0.223 e. The second-order valence-corrected chi connectivity index (χ2v) is 4.66. The van der Waals surface area contributed by atoms with Crippen LogP contribution in [0.5, 0.6) is 0 Å². The first-order valence-electron chi connectivity index (χ1n) is 6.74. The van der Waals surface area contributed by atoms with Gasteiger partial charge in [-0.05, 0) is 31.9 Å². The molecule has 0 unspecified atom stereocenters. The third-order valence-electron chi connectivity index (χ3n) is 2.94. The second kappa shape index (κ2) is 7.80. The minimum Gasteiger partial charge on any atom is -0.350 e. The summed E-state index contributed by atoms with van der Waals surface area (Å²) in [7, 11) is 0. The molecular weight excluding hydrogens is 226 g/mol. The molecule has 1 aromatic rings. The molecule has 0 atom stereocenters. The Bertz CT molecular complexity index is 356. The Morgan fingerprint density at radius 1 is 1.22 bits per heavy atom. The molecule has 4 heteroatoms. The van der Waals surface area contributed by atoms with Gasteiger partial charge in [-0.25, -0.2) is 0 Å². The van der Waals surface area contributed by atoms with Crippen molar-refractivity contribution in [3.05, 3.63) is 23.5 Å². The Labute approximate surface area is 109 Å². The van der Waals surface area contributed by atoms with E-state index in [-0.39, 0.29) is 11.8 Å². The molecule has 0 aliphatic heterocycles. The minimum absolute atomic E-state index is 0.137. The molecule has 1 N–H and O–H groups in total. The number of nitrogens with zero attached hydrogens (tertiary/aromatic N) is 2. The SMILES string of the molecule is CCCC(CCC)C(=O)NCc1ccc(C)nn1. The van der Waals surface area contributed by atoms with Crippen molar-refractivity contribution in [1.29, 1.82) is 0 Å². The fraction of sp³-hybridized carbons (Fsp3) is 0.643. The molecule has 0 radical (unpaired) electrons. The van der Waals surface area contributed by atoms with Gasteiger partial charge in [0.05, 0.1) is 17.9 Å². The van der Waals surface area contributed by atoms with Crippen LogP contribution < -0.4 is 5.32 Å². The van der Waals surface area contributed by atoms with E-state index in [1.54, 1.807) is 0 Å². The van der Waals surface area contributed by atoms with Crippen LogP contribution in [0.15, 0.2) is 12.1 Å². The van der Waals surface area contributed by atoms with Crippen LogP contribution in [0.4, 0.5) is 0 Å². The Morgan fingerprint density at radius 2 is 1.89 bits per heavy atom. The molecule has 0 saturated carbocycles. The Morgan fingerprint density at radius 3 is 2.39 bits per heavy atom. The molecular formula is C14H23N3O. The van der Waals surface area contributed by atoms with Crippen molar-refractivity contribution in [2.24, 2.45) is 5.92 Å². The summed E-state index contributed by atoms with van der Waals surface area (Å²) in [5.74, 6) is 0.277. The van der Waals surface area contributed by atoms with E-state index in [9.17, 15) is 4.79 Å². The maximum absolute atomic E-state index is 12.0. The number of aromatic nitrogens is 2. The number of hydrogen-bond acceptors (Lipinski definition) is 3. The van der Waals surface area contributed by atoms with Crippen LogP contribution in [0, 0.1) is 12.8 Å². The maximum atomic E-state index is 12.0. The number of amides is 1. The summed E-state index contributed by atoms with van der Waals surface area (Å²) in [4.78, 5) is 12.0. The van der Waals surface area contributed by atoms with E-state index in [4.69, 9.17) is 0 Å². The number of carbonyl (C=O) groups excluding carboxylic acids is 1. The Hall–Kier alpha value is -1.45. The van der Waals surface area contributed by atoms with E-state index in [0.29, 0.717) is 6.54 Å². The summed E-state index contributed by atoms with van der Waals surface area (Å²) in [6, 6.07) is 3.81. The monoisotopic (exact) mass is 249 g/mol. The van der Waals surface area contributed by atoms with Crippen molar-refractivity contribution in [3.8, 4) is 0 Å². The van der Waals surface area contributed by atoms with Gasteiger partial charge in [0.15, 0.2) is 0 Å². The lowest BCUT2D eigenvalue weighted by Gasteiger charge is -2.14. The topological polar surface area (TPSA) is 54.9 Å². The number of carbonyl (C=O) groups is 1. The fourth-order valence-electron chi connectivity index (χ4n) is 1.95. The number of hydrogen-bond donors (Lipinski definition) is 1. The van der Waals surface area contributed by atoms with Gasteiger partial charge in [0.2, 0.25) is 5.91 Å². The highest BCUT2D eigenvalue weighted by atomic mass is 16.1. The first-order chi connectivity index (χ1) is 8.67. The van der Waals surface area contributed by atoms with Crippen molar-refractivity contribution >= 4 is 5.91 Å². The first-order valence-corrected chi connectivity index (χ1v) is 6.74. The van der Waals surface area contributed by atoms with Crippen molar-refractivity contribution in [2.45, 2.75) is 53.0 Å². The van der Waals surface area contributed by atoms with Crippen LogP contribution in [0.3, 0.4) is 0 Å². The lowest BCUT2D eigenvalue weighted by atomic mass is 9.97. The van der Waals surface area contributed by atoms with Gasteiger partial charge in [0, 0.05) is 5.92 Å². The fourth-order valence-corrected chi connectivity index (χ4v) is 1.95. The molecule has 100 valence electrons. The quantitative estimate of drug-likeness (QED) is 0.808. The highest BCUT2D eigenvalue weighted by Gasteiger charge is 2.16. The molecule has 18 heavy (non-hydrogen) atoms. The van der Waals surface area contributed by atoms with Crippen LogP contribution in [0.1, 0.15) is 50.9 Å². The molecule has 1 amide bonds. The molecule has 0 aliphatic carbocycles. The molecule has 0 bridgehead atoms.